The predicted octanol–water partition coefficient (Wildman–Crippen LogP) is 4.22. The molecule has 22 heavy (non-hydrogen) atoms. The summed E-state index contributed by atoms with van der Waals surface area (Å²) in [6.45, 7) is 0.448. The maximum absolute atomic E-state index is 10.8. The number of aromatic nitrogens is 1. The lowest BCUT2D eigenvalue weighted by Crippen LogP contribution is -1.94. The van der Waals surface area contributed by atoms with Gasteiger partial charge in [0.2, 0.25) is 0 Å². The monoisotopic (exact) mass is 291 g/mol. The molecule has 2 aromatic carbocycles. The van der Waals surface area contributed by atoms with Crippen molar-refractivity contribution in [2.75, 3.05) is 0 Å². The highest BCUT2D eigenvalue weighted by Crippen LogP contribution is 2.18. The van der Waals surface area contributed by atoms with E-state index in [0.29, 0.717) is 12.2 Å². The maximum Gasteiger partial charge on any atom is 0.335 e. The summed E-state index contributed by atoms with van der Waals surface area (Å²) in [5.74, 6) is -0.952. The summed E-state index contributed by atoms with van der Waals surface area (Å²) >= 11 is 0. The van der Waals surface area contributed by atoms with Gasteiger partial charge in [-0.05, 0) is 42.0 Å². The summed E-state index contributed by atoms with van der Waals surface area (Å²) in [4.78, 5) is 15.1. The minimum atomic E-state index is -0.952. The zero-order valence-electron chi connectivity index (χ0n) is 11.7. The van der Waals surface area contributed by atoms with Crippen LogP contribution in [0, 0.1) is 0 Å². The molecule has 1 N–H and O–H groups in total. The first-order chi connectivity index (χ1) is 10.7. The third kappa shape index (κ3) is 2.98. The highest BCUT2D eigenvalue weighted by Gasteiger charge is 2.02. The number of carboxylic acid groups (broad SMARTS) is 1. The molecule has 108 valence electrons. The van der Waals surface area contributed by atoms with E-state index in [2.05, 4.69) is 15.2 Å². The number of pyridine rings is 1. The van der Waals surface area contributed by atoms with E-state index >= 15 is 0 Å². The van der Waals surface area contributed by atoms with Crippen molar-refractivity contribution in [2.45, 2.75) is 6.54 Å². The van der Waals surface area contributed by atoms with E-state index in [1.54, 1.807) is 18.3 Å². The molecule has 1 aromatic heterocycles. The molecule has 5 heteroatoms. The number of carboxylic acids is 1. The normalized spacial score (nSPS) is 11.1. The number of benzene rings is 2. The summed E-state index contributed by atoms with van der Waals surface area (Å²) < 4.78 is 0. The van der Waals surface area contributed by atoms with E-state index in [9.17, 15) is 4.79 Å². The van der Waals surface area contributed by atoms with Gasteiger partial charge in [-0.3, -0.25) is 4.98 Å². The zero-order valence-corrected chi connectivity index (χ0v) is 11.7. The van der Waals surface area contributed by atoms with E-state index in [1.807, 2.05) is 30.3 Å². The van der Waals surface area contributed by atoms with Crippen LogP contribution in [-0.4, -0.2) is 16.1 Å². The van der Waals surface area contributed by atoms with Crippen molar-refractivity contribution in [3.05, 3.63) is 71.9 Å². The smallest absolute Gasteiger partial charge is 0.335 e. The molecular weight excluding hydrogens is 278 g/mol. The Balaban J connectivity index is 1.77. The van der Waals surface area contributed by atoms with Crippen molar-refractivity contribution in [3.63, 3.8) is 0 Å². The standard InChI is InChI=1S/C17H13N3O2/c21-17(22)12-5-7-14(8-6-12)20-19-11-13-9-10-18-16-4-2-1-3-15(13)16/h1-10H,11H2,(H,21,22). The number of hydrogen-bond acceptors (Lipinski definition) is 4. The number of rotatable bonds is 4. The molecule has 0 amide bonds. The van der Waals surface area contributed by atoms with Gasteiger partial charge in [-0.25, -0.2) is 4.79 Å². The minimum Gasteiger partial charge on any atom is -0.478 e. The van der Waals surface area contributed by atoms with E-state index in [4.69, 9.17) is 5.11 Å². The van der Waals surface area contributed by atoms with Crippen LogP contribution in [-0.2, 0) is 6.54 Å². The molecule has 0 saturated heterocycles. The van der Waals surface area contributed by atoms with Crippen molar-refractivity contribution in [2.24, 2.45) is 10.2 Å². The van der Waals surface area contributed by atoms with Gasteiger partial charge < -0.3 is 5.11 Å². The van der Waals surface area contributed by atoms with Gasteiger partial charge in [-0.15, -0.1) is 0 Å². The highest BCUT2D eigenvalue weighted by molar-refractivity contribution is 5.87. The third-order valence-corrected chi connectivity index (χ3v) is 3.28. The summed E-state index contributed by atoms with van der Waals surface area (Å²) in [6, 6.07) is 16.1. The van der Waals surface area contributed by atoms with Gasteiger partial charge in [0, 0.05) is 11.6 Å². The van der Waals surface area contributed by atoms with Crippen LogP contribution in [0.25, 0.3) is 10.9 Å². The van der Waals surface area contributed by atoms with Crippen LogP contribution in [0.3, 0.4) is 0 Å². The number of para-hydroxylation sites is 1. The van der Waals surface area contributed by atoms with Gasteiger partial charge in [0.25, 0.3) is 0 Å². The first kappa shape index (κ1) is 13.9. The van der Waals surface area contributed by atoms with E-state index < -0.39 is 5.97 Å². The number of fused-ring (bicyclic) bond motifs is 1. The Morgan fingerprint density at radius 3 is 2.59 bits per heavy atom. The lowest BCUT2D eigenvalue weighted by Gasteiger charge is -2.02. The number of azo groups is 1. The molecule has 0 radical (unpaired) electrons. The molecule has 0 aliphatic rings. The SMILES string of the molecule is O=C(O)c1ccc(N=NCc2ccnc3ccccc23)cc1. The topological polar surface area (TPSA) is 74.9 Å². The molecule has 0 bridgehead atoms. The molecule has 3 aromatic rings. The molecule has 0 aliphatic carbocycles. The second kappa shape index (κ2) is 6.13. The van der Waals surface area contributed by atoms with Crippen molar-refractivity contribution < 1.29 is 9.90 Å². The van der Waals surface area contributed by atoms with Gasteiger partial charge in [0.15, 0.2) is 0 Å². The summed E-state index contributed by atoms with van der Waals surface area (Å²) in [7, 11) is 0. The Bertz CT molecular complexity index is 837. The second-order valence-corrected chi connectivity index (χ2v) is 4.74. The average molecular weight is 291 g/mol. The maximum atomic E-state index is 10.8. The number of aromatic carboxylic acids is 1. The first-order valence-corrected chi connectivity index (χ1v) is 6.77. The van der Waals surface area contributed by atoms with Crippen molar-refractivity contribution in [1.82, 2.24) is 4.98 Å². The molecule has 3 rings (SSSR count). The van der Waals surface area contributed by atoms with Gasteiger partial charge in [0.05, 0.1) is 23.3 Å². The fraction of sp³-hybridized carbons (Fsp3) is 0.0588. The number of nitrogens with zero attached hydrogens (tertiary/aromatic N) is 3. The first-order valence-electron chi connectivity index (χ1n) is 6.77. The van der Waals surface area contributed by atoms with Crippen molar-refractivity contribution in [1.29, 1.82) is 0 Å². The van der Waals surface area contributed by atoms with Crippen LogP contribution in [0.5, 0.6) is 0 Å². The van der Waals surface area contributed by atoms with Gasteiger partial charge in [-0.1, -0.05) is 18.2 Å². The quantitative estimate of drug-likeness (QED) is 0.731. The summed E-state index contributed by atoms with van der Waals surface area (Å²) in [5.41, 5.74) is 2.85. The summed E-state index contributed by atoms with van der Waals surface area (Å²) in [6.07, 6.45) is 1.76. The lowest BCUT2D eigenvalue weighted by molar-refractivity contribution is 0.0697. The molecular formula is C17H13N3O2. The molecule has 0 spiro atoms. The van der Waals surface area contributed by atoms with E-state index in [1.165, 1.54) is 12.1 Å². The molecule has 0 saturated carbocycles. The Labute approximate surface area is 127 Å². The van der Waals surface area contributed by atoms with Crippen LogP contribution in [0.4, 0.5) is 5.69 Å². The number of carbonyl (C=O) groups is 1. The molecule has 0 atom stereocenters. The highest BCUT2D eigenvalue weighted by atomic mass is 16.4. The fourth-order valence-corrected chi connectivity index (χ4v) is 2.16. The van der Waals surface area contributed by atoms with Crippen molar-refractivity contribution >= 4 is 22.6 Å². The van der Waals surface area contributed by atoms with Crippen LogP contribution in [0.1, 0.15) is 15.9 Å². The molecule has 0 unspecified atom stereocenters. The Kier molecular flexibility index (Phi) is 3.87. The Morgan fingerprint density at radius 1 is 1.05 bits per heavy atom. The van der Waals surface area contributed by atoms with Crippen LogP contribution in [0.15, 0.2) is 71.0 Å². The second-order valence-electron chi connectivity index (χ2n) is 4.74. The van der Waals surface area contributed by atoms with E-state index in [0.717, 1.165) is 16.5 Å². The third-order valence-electron chi connectivity index (χ3n) is 3.28. The molecule has 0 fully saturated rings. The molecule has 0 aliphatic heterocycles. The minimum absolute atomic E-state index is 0.235. The Morgan fingerprint density at radius 2 is 1.82 bits per heavy atom. The summed E-state index contributed by atoms with van der Waals surface area (Å²) in [5, 5.41) is 18.2. The zero-order chi connectivity index (χ0) is 15.4. The van der Waals surface area contributed by atoms with E-state index in [-0.39, 0.29) is 5.56 Å². The molecule has 1 heterocycles. The molecule has 5 nitrogen and oxygen atoms in total. The van der Waals surface area contributed by atoms with Gasteiger partial charge in [0.1, 0.15) is 0 Å². The van der Waals surface area contributed by atoms with Crippen LogP contribution < -0.4 is 0 Å². The van der Waals surface area contributed by atoms with Crippen LogP contribution in [0.2, 0.25) is 0 Å². The number of hydrogen-bond donors (Lipinski definition) is 1. The predicted molar refractivity (Wildman–Crippen MR) is 83.4 cm³/mol. The largest absolute Gasteiger partial charge is 0.478 e. The van der Waals surface area contributed by atoms with Crippen LogP contribution >= 0.6 is 0 Å². The fourth-order valence-electron chi connectivity index (χ4n) is 2.16. The average Bonchev–Trinajstić information content (AvgIpc) is 2.55. The Hall–Kier alpha value is -3.08. The lowest BCUT2D eigenvalue weighted by atomic mass is 10.1. The van der Waals surface area contributed by atoms with Crippen molar-refractivity contribution in [3.8, 4) is 0 Å². The van der Waals surface area contributed by atoms with Gasteiger partial charge in [-0.2, -0.15) is 10.2 Å². The van der Waals surface area contributed by atoms with Gasteiger partial charge >= 0.3 is 5.97 Å².